The number of nitrogens with one attached hydrogen (secondary N) is 2. The molecule has 0 unspecified atom stereocenters. The lowest BCUT2D eigenvalue weighted by Gasteiger charge is -2.34. The fourth-order valence-electron chi connectivity index (χ4n) is 3.92. The maximum Gasteiger partial charge on any atom is 0.0653 e. The SMILES string of the molecule is c1ccc(CN2CCN(CCCCNCc3ccc4cn[nH]c4c3)CC2)cc1. The molecule has 0 atom stereocenters. The topological polar surface area (TPSA) is 47.2 Å². The molecule has 1 aromatic heterocycles. The molecule has 0 radical (unpaired) electrons. The number of aromatic amines is 1. The monoisotopic (exact) mass is 377 g/mol. The summed E-state index contributed by atoms with van der Waals surface area (Å²) in [5, 5.41) is 11.9. The van der Waals surface area contributed by atoms with E-state index < -0.39 is 0 Å². The van der Waals surface area contributed by atoms with Crippen LogP contribution in [0.3, 0.4) is 0 Å². The van der Waals surface area contributed by atoms with Crippen molar-refractivity contribution in [2.24, 2.45) is 0 Å². The highest BCUT2D eigenvalue weighted by Crippen LogP contribution is 2.12. The number of unbranched alkanes of at least 4 members (excludes halogenated alkanes) is 1. The molecule has 5 nitrogen and oxygen atoms in total. The molecule has 1 aliphatic heterocycles. The van der Waals surface area contributed by atoms with Gasteiger partial charge in [-0.05, 0) is 43.1 Å². The maximum absolute atomic E-state index is 4.08. The van der Waals surface area contributed by atoms with Crippen LogP contribution in [0, 0.1) is 0 Å². The molecule has 1 aliphatic rings. The van der Waals surface area contributed by atoms with Crippen LogP contribution in [0.4, 0.5) is 0 Å². The van der Waals surface area contributed by atoms with E-state index in [4.69, 9.17) is 0 Å². The van der Waals surface area contributed by atoms with Gasteiger partial charge in [-0.2, -0.15) is 5.10 Å². The zero-order valence-corrected chi connectivity index (χ0v) is 16.6. The summed E-state index contributed by atoms with van der Waals surface area (Å²) in [7, 11) is 0. The molecule has 0 amide bonds. The first-order chi connectivity index (χ1) is 13.9. The van der Waals surface area contributed by atoms with Gasteiger partial charge >= 0.3 is 0 Å². The van der Waals surface area contributed by atoms with E-state index in [1.807, 2.05) is 6.20 Å². The molecule has 0 aliphatic carbocycles. The Morgan fingerprint density at radius 2 is 1.71 bits per heavy atom. The largest absolute Gasteiger partial charge is 0.313 e. The molecular formula is C23H31N5. The third kappa shape index (κ3) is 5.41. The van der Waals surface area contributed by atoms with Crippen molar-refractivity contribution in [2.75, 3.05) is 39.3 Å². The first-order valence-electron chi connectivity index (χ1n) is 10.5. The van der Waals surface area contributed by atoms with Crippen molar-refractivity contribution < 1.29 is 0 Å². The van der Waals surface area contributed by atoms with Crippen molar-refractivity contribution in [2.45, 2.75) is 25.9 Å². The first kappa shape index (κ1) is 19.1. The van der Waals surface area contributed by atoms with Crippen LogP contribution >= 0.6 is 0 Å². The van der Waals surface area contributed by atoms with Gasteiger partial charge in [0.2, 0.25) is 0 Å². The average Bonchev–Trinajstić information content (AvgIpc) is 3.20. The molecule has 0 saturated carbocycles. The van der Waals surface area contributed by atoms with Gasteiger partial charge in [0.25, 0.3) is 0 Å². The van der Waals surface area contributed by atoms with Gasteiger partial charge in [0, 0.05) is 44.7 Å². The summed E-state index contributed by atoms with van der Waals surface area (Å²) < 4.78 is 0. The molecule has 2 aromatic carbocycles. The number of benzene rings is 2. The van der Waals surface area contributed by atoms with Gasteiger partial charge in [-0.15, -0.1) is 0 Å². The Bertz CT molecular complexity index is 836. The lowest BCUT2D eigenvalue weighted by Crippen LogP contribution is -2.46. The summed E-state index contributed by atoms with van der Waals surface area (Å²) in [4.78, 5) is 5.19. The van der Waals surface area contributed by atoms with E-state index in [0.29, 0.717) is 0 Å². The smallest absolute Gasteiger partial charge is 0.0653 e. The van der Waals surface area contributed by atoms with Gasteiger partial charge in [0.15, 0.2) is 0 Å². The highest BCUT2D eigenvalue weighted by atomic mass is 15.3. The van der Waals surface area contributed by atoms with Gasteiger partial charge in [-0.1, -0.05) is 42.5 Å². The third-order valence-corrected chi connectivity index (χ3v) is 5.63. The number of hydrogen-bond donors (Lipinski definition) is 2. The van der Waals surface area contributed by atoms with Crippen LogP contribution in [0.15, 0.2) is 54.7 Å². The van der Waals surface area contributed by atoms with E-state index in [1.165, 1.54) is 62.1 Å². The minimum Gasteiger partial charge on any atom is -0.313 e. The Balaban J connectivity index is 1.07. The highest BCUT2D eigenvalue weighted by molar-refractivity contribution is 5.78. The third-order valence-electron chi connectivity index (χ3n) is 5.63. The van der Waals surface area contributed by atoms with E-state index in [2.05, 4.69) is 73.8 Å². The minimum absolute atomic E-state index is 0.924. The molecule has 4 rings (SSSR count). The molecule has 2 N–H and O–H groups in total. The second kappa shape index (κ2) is 9.82. The van der Waals surface area contributed by atoms with Crippen molar-refractivity contribution >= 4 is 10.9 Å². The number of aromatic nitrogens is 2. The van der Waals surface area contributed by atoms with E-state index in [1.54, 1.807) is 0 Å². The molecule has 5 heteroatoms. The summed E-state index contributed by atoms with van der Waals surface area (Å²) in [6.07, 6.45) is 4.37. The van der Waals surface area contributed by atoms with Crippen LogP contribution in [0.25, 0.3) is 10.9 Å². The second-order valence-electron chi connectivity index (χ2n) is 7.78. The maximum atomic E-state index is 4.08. The van der Waals surface area contributed by atoms with Crippen LogP contribution in [-0.4, -0.2) is 59.3 Å². The van der Waals surface area contributed by atoms with Crippen molar-refractivity contribution in [3.63, 3.8) is 0 Å². The number of nitrogens with zero attached hydrogens (tertiary/aromatic N) is 3. The minimum atomic E-state index is 0.924. The number of rotatable bonds is 9. The number of hydrogen-bond acceptors (Lipinski definition) is 4. The number of H-pyrrole nitrogens is 1. The number of piperazine rings is 1. The highest BCUT2D eigenvalue weighted by Gasteiger charge is 2.16. The Morgan fingerprint density at radius 3 is 2.57 bits per heavy atom. The normalized spacial score (nSPS) is 16.0. The molecule has 3 aromatic rings. The van der Waals surface area contributed by atoms with Crippen LogP contribution in [-0.2, 0) is 13.1 Å². The van der Waals surface area contributed by atoms with Crippen molar-refractivity contribution in [3.05, 3.63) is 65.9 Å². The van der Waals surface area contributed by atoms with Gasteiger partial charge in [0.05, 0.1) is 11.7 Å². The lowest BCUT2D eigenvalue weighted by molar-refractivity contribution is 0.125. The summed E-state index contributed by atoms with van der Waals surface area (Å²) >= 11 is 0. The first-order valence-corrected chi connectivity index (χ1v) is 10.5. The molecule has 2 heterocycles. The Morgan fingerprint density at radius 1 is 0.893 bits per heavy atom. The fraction of sp³-hybridized carbons (Fsp3) is 0.435. The van der Waals surface area contributed by atoms with Gasteiger partial charge in [-0.25, -0.2) is 0 Å². The van der Waals surface area contributed by atoms with E-state index in [9.17, 15) is 0 Å². The molecule has 1 saturated heterocycles. The molecule has 28 heavy (non-hydrogen) atoms. The van der Waals surface area contributed by atoms with Gasteiger partial charge in [-0.3, -0.25) is 10.00 Å². The Labute approximate surface area is 167 Å². The fourth-order valence-corrected chi connectivity index (χ4v) is 3.92. The zero-order chi connectivity index (χ0) is 19.0. The summed E-state index contributed by atoms with van der Waals surface area (Å²) in [6, 6.07) is 17.3. The van der Waals surface area contributed by atoms with Gasteiger partial charge < -0.3 is 10.2 Å². The average molecular weight is 378 g/mol. The van der Waals surface area contributed by atoms with Crippen LogP contribution < -0.4 is 5.32 Å². The van der Waals surface area contributed by atoms with E-state index in [0.717, 1.165) is 25.2 Å². The summed E-state index contributed by atoms with van der Waals surface area (Å²) in [5.41, 5.74) is 3.85. The Hall–Kier alpha value is -2.21. The Kier molecular flexibility index (Phi) is 6.71. The molecule has 0 spiro atoms. The van der Waals surface area contributed by atoms with E-state index in [-0.39, 0.29) is 0 Å². The van der Waals surface area contributed by atoms with E-state index >= 15 is 0 Å². The quantitative estimate of drug-likeness (QED) is 0.562. The van der Waals surface area contributed by atoms with Crippen LogP contribution in [0.5, 0.6) is 0 Å². The predicted molar refractivity (Wildman–Crippen MR) is 115 cm³/mol. The molecule has 0 bridgehead atoms. The lowest BCUT2D eigenvalue weighted by atomic mass is 10.1. The molecule has 148 valence electrons. The predicted octanol–water partition coefficient (Wildman–Crippen LogP) is 3.25. The van der Waals surface area contributed by atoms with Crippen molar-refractivity contribution in [3.8, 4) is 0 Å². The van der Waals surface area contributed by atoms with Crippen LogP contribution in [0.1, 0.15) is 24.0 Å². The van der Waals surface area contributed by atoms with Crippen LogP contribution in [0.2, 0.25) is 0 Å². The number of fused-ring (bicyclic) bond motifs is 1. The van der Waals surface area contributed by atoms with Crippen molar-refractivity contribution in [1.82, 2.24) is 25.3 Å². The summed E-state index contributed by atoms with van der Waals surface area (Å²) in [6.45, 7) is 9.08. The second-order valence-corrected chi connectivity index (χ2v) is 7.78. The van der Waals surface area contributed by atoms with Crippen molar-refractivity contribution in [1.29, 1.82) is 0 Å². The van der Waals surface area contributed by atoms with Gasteiger partial charge in [0.1, 0.15) is 0 Å². The standard InChI is InChI=1S/C23H31N5/c1-2-6-20(7-3-1)19-28-14-12-27(13-15-28)11-5-4-10-24-17-21-8-9-22-18-25-26-23(22)16-21/h1-3,6-9,16,18,24H,4-5,10-15,17,19H2,(H,25,26). The zero-order valence-electron chi connectivity index (χ0n) is 16.6. The molecular weight excluding hydrogens is 346 g/mol. The molecule has 1 fully saturated rings. The summed E-state index contributed by atoms with van der Waals surface area (Å²) in [5.74, 6) is 0.